The number of rotatable bonds is 2. The number of carbonyl (C=O) groups is 2. The van der Waals surface area contributed by atoms with Crippen LogP contribution in [0.3, 0.4) is 0 Å². The van der Waals surface area contributed by atoms with Gasteiger partial charge < -0.3 is 15.2 Å². The highest BCUT2D eigenvalue weighted by Gasteiger charge is 2.29. The van der Waals surface area contributed by atoms with E-state index >= 15 is 0 Å². The number of hydrogen-bond donors (Lipinski definition) is 2. The number of aliphatic carboxylic acids is 1. The first-order valence-corrected chi connectivity index (χ1v) is 4.72. The lowest BCUT2D eigenvalue weighted by Crippen LogP contribution is -2.38. The molecule has 0 saturated heterocycles. The van der Waals surface area contributed by atoms with Gasteiger partial charge in [-0.25, -0.2) is 9.59 Å². The molecule has 0 saturated carbocycles. The molecule has 1 atom stereocenters. The second-order valence-corrected chi connectivity index (χ2v) is 4.39. The van der Waals surface area contributed by atoms with Crippen LogP contribution in [0.15, 0.2) is 11.8 Å². The molecule has 2 N–H and O–H groups in total. The van der Waals surface area contributed by atoms with Crippen molar-refractivity contribution < 1.29 is 19.4 Å². The molecule has 0 aliphatic carbocycles. The summed E-state index contributed by atoms with van der Waals surface area (Å²) in [5, 5.41) is 11.3. The van der Waals surface area contributed by atoms with Crippen LogP contribution in [0.2, 0.25) is 0 Å². The van der Waals surface area contributed by atoms with E-state index in [0.29, 0.717) is 6.42 Å². The Morgan fingerprint density at radius 1 is 1.53 bits per heavy atom. The SMILES string of the molecule is CC(C)(C)OC(=O)C1CC=C(C(=O)O)N1. The molecule has 0 aromatic rings. The maximum Gasteiger partial charge on any atom is 0.351 e. The highest BCUT2D eigenvalue weighted by Crippen LogP contribution is 2.14. The van der Waals surface area contributed by atoms with Crippen LogP contribution in [0.25, 0.3) is 0 Å². The maximum absolute atomic E-state index is 11.5. The van der Waals surface area contributed by atoms with E-state index in [0.717, 1.165) is 0 Å². The molecule has 0 radical (unpaired) electrons. The van der Waals surface area contributed by atoms with Crippen molar-refractivity contribution in [1.29, 1.82) is 0 Å². The molecule has 1 rings (SSSR count). The van der Waals surface area contributed by atoms with Gasteiger partial charge in [0.2, 0.25) is 0 Å². The minimum Gasteiger partial charge on any atom is -0.477 e. The molecule has 15 heavy (non-hydrogen) atoms. The fraction of sp³-hybridized carbons (Fsp3) is 0.600. The predicted octanol–water partition coefficient (Wildman–Crippen LogP) is 0.658. The van der Waals surface area contributed by atoms with E-state index in [1.165, 1.54) is 6.08 Å². The van der Waals surface area contributed by atoms with Crippen LogP contribution < -0.4 is 5.32 Å². The van der Waals surface area contributed by atoms with Crippen molar-refractivity contribution in [2.75, 3.05) is 0 Å². The van der Waals surface area contributed by atoms with Gasteiger partial charge in [0.1, 0.15) is 17.3 Å². The summed E-state index contributed by atoms with van der Waals surface area (Å²) < 4.78 is 5.12. The molecule has 0 bridgehead atoms. The van der Waals surface area contributed by atoms with Crippen LogP contribution in [0.1, 0.15) is 27.2 Å². The molecule has 1 heterocycles. The summed E-state index contributed by atoms with van der Waals surface area (Å²) in [5.74, 6) is -1.48. The van der Waals surface area contributed by atoms with Crippen molar-refractivity contribution >= 4 is 11.9 Å². The third kappa shape index (κ3) is 3.27. The lowest BCUT2D eigenvalue weighted by atomic mass is 10.2. The van der Waals surface area contributed by atoms with Gasteiger partial charge in [-0.3, -0.25) is 0 Å². The van der Waals surface area contributed by atoms with Crippen LogP contribution in [0.5, 0.6) is 0 Å². The summed E-state index contributed by atoms with van der Waals surface area (Å²) in [6, 6.07) is -0.574. The Morgan fingerprint density at radius 2 is 2.13 bits per heavy atom. The normalized spacial score (nSPS) is 20.5. The van der Waals surface area contributed by atoms with Gasteiger partial charge in [-0.1, -0.05) is 6.08 Å². The van der Waals surface area contributed by atoms with Gasteiger partial charge in [-0.15, -0.1) is 0 Å². The fourth-order valence-corrected chi connectivity index (χ4v) is 1.22. The molecular formula is C10H15NO4. The van der Waals surface area contributed by atoms with E-state index in [1.807, 2.05) is 0 Å². The van der Waals surface area contributed by atoms with Crippen LogP contribution in [-0.2, 0) is 14.3 Å². The maximum atomic E-state index is 11.5. The quantitative estimate of drug-likeness (QED) is 0.659. The molecule has 0 amide bonds. The number of carboxylic acids is 1. The van der Waals surface area contributed by atoms with Crippen LogP contribution in [0, 0.1) is 0 Å². The number of ether oxygens (including phenoxy) is 1. The highest BCUT2D eigenvalue weighted by molar-refractivity contribution is 5.89. The third-order valence-electron chi connectivity index (χ3n) is 1.81. The summed E-state index contributed by atoms with van der Waals surface area (Å²) in [5.41, 5.74) is -0.490. The average molecular weight is 213 g/mol. The summed E-state index contributed by atoms with van der Waals surface area (Å²) in [6.07, 6.45) is 1.84. The fourth-order valence-electron chi connectivity index (χ4n) is 1.22. The molecule has 0 aromatic heterocycles. The molecule has 5 heteroatoms. The zero-order chi connectivity index (χ0) is 11.6. The molecule has 0 fully saturated rings. The molecule has 0 spiro atoms. The first-order valence-electron chi connectivity index (χ1n) is 4.72. The summed E-state index contributed by atoms with van der Waals surface area (Å²) in [6.45, 7) is 5.31. The van der Waals surface area contributed by atoms with E-state index in [1.54, 1.807) is 20.8 Å². The number of carbonyl (C=O) groups excluding carboxylic acids is 1. The van der Waals surface area contributed by atoms with E-state index in [2.05, 4.69) is 5.32 Å². The van der Waals surface area contributed by atoms with E-state index in [4.69, 9.17) is 9.84 Å². The first kappa shape index (κ1) is 11.6. The van der Waals surface area contributed by atoms with Gasteiger partial charge in [0.05, 0.1) is 0 Å². The Kier molecular flexibility index (Phi) is 3.02. The van der Waals surface area contributed by atoms with Gasteiger partial charge in [0.15, 0.2) is 0 Å². The smallest absolute Gasteiger partial charge is 0.351 e. The third-order valence-corrected chi connectivity index (χ3v) is 1.81. The zero-order valence-electron chi connectivity index (χ0n) is 9.03. The number of esters is 1. The van der Waals surface area contributed by atoms with Crippen molar-refractivity contribution in [3.8, 4) is 0 Å². The second-order valence-electron chi connectivity index (χ2n) is 4.39. The lowest BCUT2D eigenvalue weighted by Gasteiger charge is -2.22. The Hall–Kier alpha value is -1.52. The Bertz CT molecular complexity index is 314. The van der Waals surface area contributed by atoms with Crippen molar-refractivity contribution in [2.45, 2.75) is 38.8 Å². The molecule has 1 unspecified atom stereocenters. The Labute approximate surface area is 88.1 Å². The van der Waals surface area contributed by atoms with Gasteiger partial charge in [-0.2, -0.15) is 0 Å². The standard InChI is InChI=1S/C10H15NO4/c1-10(2,3)15-9(14)7-5-4-6(11-7)8(12)13/h4,7,11H,5H2,1-3H3,(H,12,13). The predicted molar refractivity (Wildman–Crippen MR) is 53.1 cm³/mol. The van der Waals surface area contributed by atoms with Gasteiger partial charge in [0.25, 0.3) is 0 Å². The van der Waals surface area contributed by atoms with Crippen molar-refractivity contribution in [2.24, 2.45) is 0 Å². The van der Waals surface area contributed by atoms with Crippen LogP contribution in [-0.4, -0.2) is 28.7 Å². The molecule has 1 aliphatic rings. The van der Waals surface area contributed by atoms with E-state index in [9.17, 15) is 9.59 Å². The van der Waals surface area contributed by atoms with E-state index < -0.39 is 23.6 Å². The summed E-state index contributed by atoms with van der Waals surface area (Å²) in [4.78, 5) is 22.1. The minimum atomic E-state index is -1.05. The van der Waals surface area contributed by atoms with Crippen LogP contribution >= 0.6 is 0 Å². The number of hydrogen-bond acceptors (Lipinski definition) is 4. The second kappa shape index (κ2) is 3.92. The van der Waals surface area contributed by atoms with Crippen molar-refractivity contribution in [3.63, 3.8) is 0 Å². The van der Waals surface area contributed by atoms with Crippen LogP contribution in [0.4, 0.5) is 0 Å². The Morgan fingerprint density at radius 3 is 2.53 bits per heavy atom. The van der Waals surface area contributed by atoms with E-state index in [-0.39, 0.29) is 5.70 Å². The highest BCUT2D eigenvalue weighted by atomic mass is 16.6. The molecule has 0 aromatic carbocycles. The number of carboxylic acid groups (broad SMARTS) is 1. The molecule has 5 nitrogen and oxygen atoms in total. The topological polar surface area (TPSA) is 75.6 Å². The minimum absolute atomic E-state index is 0.0610. The van der Waals surface area contributed by atoms with Crippen molar-refractivity contribution in [3.05, 3.63) is 11.8 Å². The van der Waals surface area contributed by atoms with Crippen molar-refractivity contribution in [1.82, 2.24) is 5.32 Å². The zero-order valence-corrected chi connectivity index (χ0v) is 9.03. The van der Waals surface area contributed by atoms with Gasteiger partial charge >= 0.3 is 11.9 Å². The van der Waals surface area contributed by atoms with Gasteiger partial charge in [0, 0.05) is 0 Å². The first-order chi connectivity index (χ1) is 6.79. The average Bonchev–Trinajstić information content (AvgIpc) is 2.47. The molecule has 1 aliphatic heterocycles. The monoisotopic (exact) mass is 213 g/mol. The molecule has 84 valence electrons. The largest absolute Gasteiger partial charge is 0.477 e. The lowest BCUT2D eigenvalue weighted by molar-refractivity contribution is -0.156. The summed E-state index contributed by atoms with van der Waals surface area (Å²) in [7, 11) is 0. The van der Waals surface area contributed by atoms with Gasteiger partial charge in [-0.05, 0) is 27.2 Å². The number of nitrogens with one attached hydrogen (secondary N) is 1. The summed E-state index contributed by atoms with van der Waals surface area (Å²) >= 11 is 0. The Balaban J connectivity index is 2.50. The molecular weight excluding hydrogens is 198 g/mol.